The lowest BCUT2D eigenvalue weighted by atomic mass is 10.3. The molecule has 76 valence electrons. The highest BCUT2D eigenvalue weighted by Crippen LogP contribution is 2.32. The van der Waals surface area contributed by atoms with Crippen LogP contribution in [0.3, 0.4) is 0 Å². The van der Waals surface area contributed by atoms with Crippen LogP contribution in [0, 0.1) is 5.82 Å². The second kappa shape index (κ2) is 4.51. The van der Waals surface area contributed by atoms with E-state index in [0.717, 1.165) is 24.4 Å². The summed E-state index contributed by atoms with van der Waals surface area (Å²) in [7, 11) is 0. The number of thioether (sulfide) groups is 1. The molecule has 1 nitrogen and oxygen atoms in total. The van der Waals surface area contributed by atoms with Gasteiger partial charge in [0.2, 0.25) is 0 Å². The minimum absolute atomic E-state index is 0.274. The van der Waals surface area contributed by atoms with Gasteiger partial charge in [0.05, 0.1) is 5.02 Å². The lowest BCUT2D eigenvalue weighted by Gasteiger charge is -2.09. The lowest BCUT2D eigenvalue weighted by molar-refractivity contribution is 0.626. The first-order valence-electron chi connectivity index (χ1n) is 4.58. The Balaban J connectivity index is 2.08. The van der Waals surface area contributed by atoms with Crippen LogP contribution in [-0.4, -0.2) is 18.3 Å². The van der Waals surface area contributed by atoms with Crippen molar-refractivity contribution < 1.29 is 4.39 Å². The van der Waals surface area contributed by atoms with Crippen molar-refractivity contribution in [3.63, 3.8) is 0 Å². The number of nitrogens with one attached hydrogen (secondary N) is 1. The maximum absolute atomic E-state index is 12.8. The molecule has 1 fully saturated rings. The summed E-state index contributed by atoms with van der Waals surface area (Å²) < 4.78 is 12.8. The molecule has 4 heteroatoms. The summed E-state index contributed by atoms with van der Waals surface area (Å²) >= 11 is 7.65. The van der Waals surface area contributed by atoms with E-state index in [0.29, 0.717) is 10.3 Å². The molecule has 0 bridgehead atoms. The maximum Gasteiger partial charge on any atom is 0.124 e. The van der Waals surface area contributed by atoms with Gasteiger partial charge in [-0.1, -0.05) is 11.6 Å². The highest BCUT2D eigenvalue weighted by atomic mass is 35.5. The minimum atomic E-state index is -0.274. The smallest absolute Gasteiger partial charge is 0.124 e. The number of hydrogen-bond donors (Lipinski definition) is 1. The molecule has 2 rings (SSSR count). The van der Waals surface area contributed by atoms with E-state index in [1.165, 1.54) is 12.1 Å². The monoisotopic (exact) mass is 231 g/mol. The molecule has 1 aliphatic heterocycles. The van der Waals surface area contributed by atoms with Crippen molar-refractivity contribution in [2.75, 3.05) is 13.1 Å². The van der Waals surface area contributed by atoms with Crippen molar-refractivity contribution in [3.8, 4) is 0 Å². The van der Waals surface area contributed by atoms with Crippen LogP contribution in [0.25, 0.3) is 0 Å². The third-order valence-corrected chi connectivity index (χ3v) is 3.97. The van der Waals surface area contributed by atoms with Crippen LogP contribution in [0.5, 0.6) is 0 Å². The molecule has 1 heterocycles. The Hall–Kier alpha value is -0.250. The van der Waals surface area contributed by atoms with Crippen molar-refractivity contribution >= 4 is 23.4 Å². The molecule has 1 atom stereocenters. The van der Waals surface area contributed by atoms with E-state index >= 15 is 0 Å². The van der Waals surface area contributed by atoms with Gasteiger partial charge in [-0.25, -0.2) is 4.39 Å². The summed E-state index contributed by atoms with van der Waals surface area (Å²) in [5.74, 6) is -0.274. The van der Waals surface area contributed by atoms with Crippen molar-refractivity contribution in [2.24, 2.45) is 0 Å². The van der Waals surface area contributed by atoms with E-state index in [-0.39, 0.29) is 5.82 Å². The van der Waals surface area contributed by atoms with Crippen LogP contribution < -0.4 is 5.32 Å². The van der Waals surface area contributed by atoms with Crippen LogP contribution in [0.4, 0.5) is 4.39 Å². The standard InChI is InChI=1S/C10H11ClFNS/c11-9-5-7(12)1-2-10(9)14-8-3-4-13-6-8/h1-2,5,8,13H,3-4,6H2. The van der Waals surface area contributed by atoms with Gasteiger partial charge in [-0.15, -0.1) is 11.8 Å². The van der Waals surface area contributed by atoms with E-state index in [9.17, 15) is 4.39 Å². The molecule has 14 heavy (non-hydrogen) atoms. The van der Waals surface area contributed by atoms with Crippen LogP contribution in [0.15, 0.2) is 23.1 Å². The third-order valence-electron chi connectivity index (χ3n) is 2.20. The van der Waals surface area contributed by atoms with Gasteiger partial charge >= 0.3 is 0 Å². The summed E-state index contributed by atoms with van der Waals surface area (Å²) in [6.45, 7) is 2.08. The molecule has 0 aliphatic carbocycles. The topological polar surface area (TPSA) is 12.0 Å². The maximum atomic E-state index is 12.8. The molecule has 0 amide bonds. The van der Waals surface area contributed by atoms with Crippen LogP contribution in [-0.2, 0) is 0 Å². The quantitative estimate of drug-likeness (QED) is 0.840. The number of halogens is 2. The Bertz CT molecular complexity index is 326. The highest BCUT2D eigenvalue weighted by molar-refractivity contribution is 8.00. The molecular formula is C10H11ClFNS. The van der Waals surface area contributed by atoms with Crippen molar-refractivity contribution in [1.29, 1.82) is 0 Å². The first-order chi connectivity index (χ1) is 6.75. The largest absolute Gasteiger partial charge is 0.316 e. The summed E-state index contributed by atoms with van der Waals surface area (Å²) in [6, 6.07) is 4.57. The molecule has 0 radical (unpaired) electrons. The number of rotatable bonds is 2. The minimum Gasteiger partial charge on any atom is -0.316 e. The van der Waals surface area contributed by atoms with E-state index in [2.05, 4.69) is 5.32 Å². The molecule has 0 saturated carbocycles. The Morgan fingerprint density at radius 3 is 3.00 bits per heavy atom. The Morgan fingerprint density at radius 1 is 1.50 bits per heavy atom. The first kappa shape index (κ1) is 10.3. The summed E-state index contributed by atoms with van der Waals surface area (Å²) in [4.78, 5) is 0.974. The normalized spacial score (nSPS) is 21.4. The zero-order chi connectivity index (χ0) is 9.97. The fourth-order valence-electron chi connectivity index (χ4n) is 1.48. The summed E-state index contributed by atoms with van der Waals surface area (Å²) in [5.41, 5.74) is 0. The van der Waals surface area contributed by atoms with E-state index in [1.807, 2.05) is 0 Å². The van der Waals surface area contributed by atoms with Crippen LogP contribution >= 0.6 is 23.4 Å². The molecule has 1 aromatic rings. The molecule has 1 aromatic carbocycles. The molecular weight excluding hydrogens is 221 g/mol. The zero-order valence-electron chi connectivity index (χ0n) is 7.59. The van der Waals surface area contributed by atoms with Crippen molar-refractivity contribution in [1.82, 2.24) is 5.32 Å². The van der Waals surface area contributed by atoms with Gasteiger partial charge in [-0.3, -0.25) is 0 Å². The molecule has 0 aromatic heterocycles. The molecule has 1 N–H and O–H groups in total. The lowest BCUT2D eigenvalue weighted by Crippen LogP contribution is -2.09. The molecule has 1 aliphatic rings. The highest BCUT2D eigenvalue weighted by Gasteiger charge is 2.16. The van der Waals surface area contributed by atoms with Gasteiger partial charge in [0.1, 0.15) is 5.82 Å². The third kappa shape index (κ3) is 2.41. The van der Waals surface area contributed by atoms with Gasteiger partial charge in [0, 0.05) is 16.7 Å². The summed E-state index contributed by atoms with van der Waals surface area (Å²) in [6.07, 6.45) is 1.15. The predicted octanol–water partition coefficient (Wildman–Crippen LogP) is 2.93. The Morgan fingerprint density at radius 2 is 2.36 bits per heavy atom. The Kier molecular flexibility index (Phi) is 3.31. The van der Waals surface area contributed by atoms with Crippen molar-refractivity contribution in [3.05, 3.63) is 29.0 Å². The first-order valence-corrected chi connectivity index (χ1v) is 5.84. The second-order valence-electron chi connectivity index (χ2n) is 3.31. The van der Waals surface area contributed by atoms with Gasteiger partial charge in [-0.05, 0) is 31.2 Å². The van der Waals surface area contributed by atoms with Crippen LogP contribution in [0.2, 0.25) is 5.02 Å². The summed E-state index contributed by atoms with van der Waals surface area (Å²) in [5, 5.41) is 4.37. The predicted molar refractivity (Wildman–Crippen MR) is 58.5 cm³/mol. The van der Waals surface area contributed by atoms with E-state index < -0.39 is 0 Å². The average Bonchev–Trinajstić information content (AvgIpc) is 2.62. The SMILES string of the molecule is Fc1ccc(SC2CCNC2)c(Cl)c1. The van der Waals surface area contributed by atoms with Gasteiger partial charge in [0.25, 0.3) is 0 Å². The van der Waals surface area contributed by atoms with Gasteiger partial charge in [-0.2, -0.15) is 0 Å². The fourth-order valence-corrected chi connectivity index (χ4v) is 2.89. The van der Waals surface area contributed by atoms with Crippen molar-refractivity contribution in [2.45, 2.75) is 16.6 Å². The van der Waals surface area contributed by atoms with Gasteiger partial charge < -0.3 is 5.32 Å². The molecule has 1 unspecified atom stereocenters. The van der Waals surface area contributed by atoms with Gasteiger partial charge in [0.15, 0.2) is 0 Å². The number of benzene rings is 1. The Labute approximate surface area is 92.0 Å². The molecule has 1 saturated heterocycles. The molecule has 0 spiro atoms. The second-order valence-corrected chi connectivity index (χ2v) is 5.06. The number of hydrogen-bond acceptors (Lipinski definition) is 2. The van der Waals surface area contributed by atoms with E-state index in [1.54, 1.807) is 17.8 Å². The fraction of sp³-hybridized carbons (Fsp3) is 0.400. The van der Waals surface area contributed by atoms with Crippen LogP contribution in [0.1, 0.15) is 6.42 Å². The zero-order valence-corrected chi connectivity index (χ0v) is 9.17. The average molecular weight is 232 g/mol. The van der Waals surface area contributed by atoms with E-state index in [4.69, 9.17) is 11.6 Å².